The maximum atomic E-state index is 10.1. The highest BCUT2D eigenvalue weighted by atomic mass is 16.2. The molecular formula is C32H31NO. The molecule has 3 atom stereocenters. The lowest BCUT2D eigenvalue weighted by Crippen LogP contribution is -2.25. The Morgan fingerprint density at radius 2 is 1.24 bits per heavy atom. The van der Waals surface area contributed by atoms with Crippen molar-refractivity contribution in [2.24, 2.45) is 5.92 Å². The topological polar surface area (TPSA) is 23.5 Å². The van der Waals surface area contributed by atoms with Crippen LogP contribution in [0.4, 0.5) is 0 Å². The molecule has 1 saturated heterocycles. The molecule has 1 heterocycles. The van der Waals surface area contributed by atoms with Crippen LogP contribution in [-0.4, -0.2) is 23.2 Å². The van der Waals surface area contributed by atoms with Crippen LogP contribution < -0.4 is 0 Å². The van der Waals surface area contributed by atoms with Gasteiger partial charge in [0.05, 0.1) is 6.61 Å². The van der Waals surface area contributed by atoms with Gasteiger partial charge < -0.3 is 5.11 Å². The first-order chi connectivity index (χ1) is 16.8. The minimum Gasteiger partial charge on any atom is -0.392 e. The van der Waals surface area contributed by atoms with Crippen LogP contribution in [0.5, 0.6) is 0 Å². The lowest BCUT2D eigenvalue weighted by Gasteiger charge is -2.31. The number of hydrogen-bond donors (Lipinski definition) is 1. The molecule has 0 amide bonds. The second-order valence-electron chi connectivity index (χ2n) is 9.02. The minimum atomic E-state index is 0.0302. The Morgan fingerprint density at radius 3 is 1.82 bits per heavy atom. The molecule has 4 aromatic rings. The molecule has 4 aromatic carbocycles. The van der Waals surface area contributed by atoms with E-state index in [1.54, 1.807) is 0 Å². The first-order valence-electron chi connectivity index (χ1n) is 12.1. The summed E-state index contributed by atoms with van der Waals surface area (Å²) in [6.45, 7) is 1.88. The van der Waals surface area contributed by atoms with Crippen LogP contribution in [-0.2, 0) is 6.54 Å². The first kappa shape index (κ1) is 22.3. The molecule has 170 valence electrons. The van der Waals surface area contributed by atoms with Gasteiger partial charge in [0.25, 0.3) is 0 Å². The molecule has 0 aromatic heterocycles. The maximum Gasteiger partial charge on any atom is 0.0618 e. The smallest absolute Gasteiger partial charge is 0.0618 e. The molecule has 0 aliphatic carbocycles. The summed E-state index contributed by atoms with van der Waals surface area (Å²) >= 11 is 0. The van der Waals surface area contributed by atoms with E-state index in [1.165, 1.54) is 27.8 Å². The van der Waals surface area contributed by atoms with Crippen molar-refractivity contribution in [2.75, 3.05) is 13.2 Å². The summed E-state index contributed by atoms with van der Waals surface area (Å²) in [5.41, 5.74) is 6.40. The van der Waals surface area contributed by atoms with Crippen LogP contribution in [0.3, 0.4) is 0 Å². The third kappa shape index (κ3) is 4.75. The van der Waals surface area contributed by atoms with Gasteiger partial charge in [0.2, 0.25) is 0 Å². The van der Waals surface area contributed by atoms with Crippen molar-refractivity contribution in [3.8, 4) is 0 Å². The number of aliphatic hydroxyl groups is 1. The Kier molecular flexibility index (Phi) is 6.99. The normalized spacial score (nSPS) is 21.0. The van der Waals surface area contributed by atoms with Gasteiger partial charge in [0, 0.05) is 31.0 Å². The number of rotatable bonds is 7. The van der Waals surface area contributed by atoms with Crippen LogP contribution in [0.25, 0.3) is 5.57 Å². The molecule has 1 N–H and O–H groups in total. The third-order valence-corrected chi connectivity index (χ3v) is 6.97. The molecule has 0 saturated carbocycles. The Balaban J connectivity index is 1.66. The van der Waals surface area contributed by atoms with Gasteiger partial charge in [0.1, 0.15) is 0 Å². The van der Waals surface area contributed by atoms with E-state index in [4.69, 9.17) is 0 Å². The van der Waals surface area contributed by atoms with Gasteiger partial charge >= 0.3 is 0 Å². The highest BCUT2D eigenvalue weighted by Crippen LogP contribution is 2.52. The van der Waals surface area contributed by atoms with Crippen molar-refractivity contribution in [2.45, 2.75) is 18.5 Å². The molecule has 1 aliphatic rings. The second-order valence-corrected chi connectivity index (χ2v) is 9.02. The molecule has 0 bridgehead atoms. The van der Waals surface area contributed by atoms with E-state index in [1.807, 2.05) is 6.08 Å². The zero-order valence-electron chi connectivity index (χ0n) is 19.4. The van der Waals surface area contributed by atoms with Crippen molar-refractivity contribution >= 4 is 5.57 Å². The van der Waals surface area contributed by atoms with Crippen molar-refractivity contribution in [3.63, 3.8) is 0 Å². The van der Waals surface area contributed by atoms with Crippen LogP contribution in [0, 0.1) is 5.92 Å². The monoisotopic (exact) mass is 445 g/mol. The first-order valence-corrected chi connectivity index (χ1v) is 12.1. The van der Waals surface area contributed by atoms with Gasteiger partial charge in [0.15, 0.2) is 0 Å². The average molecular weight is 446 g/mol. The molecule has 0 spiro atoms. The van der Waals surface area contributed by atoms with Gasteiger partial charge in [-0.1, -0.05) is 127 Å². The Hall–Kier alpha value is -3.46. The highest BCUT2D eigenvalue weighted by Gasteiger charge is 2.44. The number of hydrogen-bond acceptors (Lipinski definition) is 2. The van der Waals surface area contributed by atoms with Gasteiger partial charge in [-0.15, -0.1) is 0 Å². The van der Waals surface area contributed by atoms with Crippen molar-refractivity contribution in [1.29, 1.82) is 0 Å². The number of nitrogens with zero attached hydrogens (tertiary/aromatic N) is 1. The minimum absolute atomic E-state index is 0.0302. The molecule has 1 fully saturated rings. The van der Waals surface area contributed by atoms with E-state index in [2.05, 4.69) is 126 Å². The summed E-state index contributed by atoms with van der Waals surface area (Å²) < 4.78 is 0. The average Bonchev–Trinajstić information content (AvgIpc) is 3.28. The standard InChI is InChI=1S/C32H31NO/c34-22-21-29(26-15-7-2-8-16-26)31-30(27-17-9-3-10-18-27)24-33(23-25-13-5-1-6-14-25)32(31)28-19-11-4-12-20-28/h1-21,30-32,34H,22-24H2/b29-21+/t30-,31-,32?/m0/s1. The fraction of sp³-hybridized carbons (Fsp3) is 0.188. The van der Waals surface area contributed by atoms with Gasteiger partial charge in [-0.25, -0.2) is 0 Å². The molecular weight excluding hydrogens is 414 g/mol. The summed E-state index contributed by atoms with van der Waals surface area (Å²) in [4.78, 5) is 2.63. The number of likely N-dealkylation sites (tertiary alicyclic amines) is 1. The predicted octanol–water partition coefficient (Wildman–Crippen LogP) is 6.72. The summed E-state index contributed by atoms with van der Waals surface area (Å²) in [7, 11) is 0. The van der Waals surface area contributed by atoms with Gasteiger partial charge in [-0.2, -0.15) is 0 Å². The van der Waals surface area contributed by atoms with E-state index in [0.717, 1.165) is 13.1 Å². The molecule has 1 aliphatic heterocycles. The molecule has 34 heavy (non-hydrogen) atoms. The highest BCUT2D eigenvalue weighted by molar-refractivity contribution is 5.70. The summed E-state index contributed by atoms with van der Waals surface area (Å²) in [6.07, 6.45) is 2.03. The van der Waals surface area contributed by atoms with E-state index >= 15 is 0 Å². The fourth-order valence-electron chi connectivity index (χ4n) is 5.55. The van der Waals surface area contributed by atoms with Crippen LogP contribution in [0.1, 0.15) is 34.2 Å². The fourth-order valence-corrected chi connectivity index (χ4v) is 5.55. The van der Waals surface area contributed by atoms with Crippen LogP contribution in [0.15, 0.2) is 127 Å². The third-order valence-electron chi connectivity index (χ3n) is 6.97. The van der Waals surface area contributed by atoms with E-state index in [-0.39, 0.29) is 18.6 Å². The maximum absolute atomic E-state index is 10.1. The molecule has 5 rings (SSSR count). The van der Waals surface area contributed by atoms with Gasteiger partial charge in [-0.3, -0.25) is 4.90 Å². The lowest BCUT2D eigenvalue weighted by atomic mass is 9.75. The van der Waals surface area contributed by atoms with E-state index < -0.39 is 0 Å². The van der Waals surface area contributed by atoms with Crippen molar-refractivity contribution < 1.29 is 5.11 Å². The summed E-state index contributed by atoms with van der Waals surface area (Å²) in [6, 6.07) is 43.3. The SMILES string of the molecule is OC/C=C(\c1ccccc1)[C@@H]1C(c2ccccc2)N(Cc2ccccc2)C[C@H]1c1ccccc1. The quantitative estimate of drug-likeness (QED) is 0.341. The Morgan fingerprint density at radius 1 is 0.706 bits per heavy atom. The molecule has 2 heteroatoms. The zero-order valence-corrected chi connectivity index (χ0v) is 19.4. The van der Waals surface area contributed by atoms with Crippen LogP contribution >= 0.6 is 0 Å². The van der Waals surface area contributed by atoms with Crippen molar-refractivity contribution in [3.05, 3.63) is 150 Å². The van der Waals surface area contributed by atoms with E-state index in [0.29, 0.717) is 5.92 Å². The van der Waals surface area contributed by atoms with Gasteiger partial charge in [-0.05, 0) is 27.8 Å². The van der Waals surface area contributed by atoms with Crippen LogP contribution in [0.2, 0.25) is 0 Å². The zero-order chi connectivity index (χ0) is 23.2. The summed E-state index contributed by atoms with van der Waals surface area (Å²) in [5.74, 6) is 0.524. The van der Waals surface area contributed by atoms with E-state index in [9.17, 15) is 5.11 Å². The van der Waals surface area contributed by atoms with Crippen molar-refractivity contribution in [1.82, 2.24) is 4.90 Å². The number of benzene rings is 4. The molecule has 0 radical (unpaired) electrons. The lowest BCUT2D eigenvalue weighted by molar-refractivity contribution is 0.234. The largest absolute Gasteiger partial charge is 0.392 e. The Bertz CT molecular complexity index is 1190. The Labute approximate surface area is 202 Å². The predicted molar refractivity (Wildman–Crippen MR) is 140 cm³/mol. The summed E-state index contributed by atoms with van der Waals surface area (Å²) in [5, 5.41) is 10.1. The molecule has 2 nitrogen and oxygen atoms in total. The molecule has 1 unspecified atom stereocenters. The second kappa shape index (κ2) is 10.6. The number of aliphatic hydroxyl groups excluding tert-OH is 1.